The third kappa shape index (κ3) is 4.41. The molecule has 1 rings (SSSR count). The predicted octanol–water partition coefficient (Wildman–Crippen LogP) is 0.0538. The second kappa shape index (κ2) is 7.35. The van der Waals surface area contributed by atoms with E-state index in [1.165, 1.54) is 11.4 Å². The Hall–Kier alpha value is -0.700. The van der Waals surface area contributed by atoms with Crippen LogP contribution in [-0.4, -0.2) is 79.3 Å². The zero-order chi connectivity index (χ0) is 15.3. The highest BCUT2D eigenvalue weighted by atomic mass is 32.2. The molecule has 0 aliphatic carbocycles. The molecule has 0 aromatic heterocycles. The molecule has 118 valence electrons. The molecule has 1 saturated heterocycles. The number of carbonyl (C=O) groups is 1. The van der Waals surface area contributed by atoms with Crippen LogP contribution < -0.4 is 0 Å². The van der Waals surface area contributed by atoms with Crippen LogP contribution in [0.2, 0.25) is 0 Å². The first-order valence-electron chi connectivity index (χ1n) is 6.92. The molecule has 8 heteroatoms. The van der Waals surface area contributed by atoms with Crippen LogP contribution in [0.4, 0.5) is 0 Å². The third-order valence-corrected chi connectivity index (χ3v) is 5.71. The van der Waals surface area contributed by atoms with Gasteiger partial charge in [-0.3, -0.25) is 9.69 Å². The Kier molecular flexibility index (Phi) is 6.38. The van der Waals surface area contributed by atoms with E-state index in [1.807, 2.05) is 0 Å². The lowest BCUT2D eigenvalue weighted by molar-refractivity contribution is -0.137. The molecular weight excluding hydrogens is 282 g/mol. The topological polar surface area (TPSA) is 81.2 Å². The van der Waals surface area contributed by atoms with Gasteiger partial charge >= 0.3 is 5.97 Å². The van der Waals surface area contributed by atoms with E-state index in [1.54, 1.807) is 7.05 Å². The lowest BCUT2D eigenvalue weighted by Crippen LogP contribution is -2.46. The normalized spacial score (nSPS) is 20.9. The number of nitrogens with zero attached hydrogens (tertiary/aromatic N) is 3. The van der Waals surface area contributed by atoms with Gasteiger partial charge in [-0.2, -0.15) is 17.0 Å². The summed E-state index contributed by atoms with van der Waals surface area (Å²) in [5, 5.41) is 8.62. The summed E-state index contributed by atoms with van der Waals surface area (Å²) in [5.41, 5.74) is 0. The number of aliphatic carboxylic acids is 1. The fraction of sp³-hybridized carbons (Fsp3) is 0.917. The number of hydrogen-bond donors (Lipinski definition) is 1. The zero-order valence-electron chi connectivity index (χ0n) is 12.4. The molecule has 7 nitrogen and oxygen atoms in total. The fourth-order valence-electron chi connectivity index (χ4n) is 2.52. The Morgan fingerprint density at radius 2 is 2.00 bits per heavy atom. The monoisotopic (exact) mass is 307 g/mol. The molecule has 1 N–H and O–H groups in total. The van der Waals surface area contributed by atoms with E-state index in [2.05, 4.69) is 11.8 Å². The molecule has 0 amide bonds. The number of likely N-dealkylation sites (tertiary alicyclic amines) is 1. The van der Waals surface area contributed by atoms with Gasteiger partial charge in [-0.1, -0.05) is 6.92 Å². The van der Waals surface area contributed by atoms with Crippen LogP contribution in [0.5, 0.6) is 0 Å². The first-order chi connectivity index (χ1) is 9.28. The average molecular weight is 307 g/mol. The Balaban J connectivity index is 2.59. The fourth-order valence-corrected chi connectivity index (χ4v) is 3.67. The van der Waals surface area contributed by atoms with Gasteiger partial charge in [0.2, 0.25) is 0 Å². The van der Waals surface area contributed by atoms with E-state index >= 15 is 0 Å². The molecule has 0 saturated carbocycles. The molecule has 1 aliphatic heterocycles. The highest BCUT2D eigenvalue weighted by Gasteiger charge is 2.30. The largest absolute Gasteiger partial charge is 0.481 e. The van der Waals surface area contributed by atoms with Crippen LogP contribution in [0.3, 0.4) is 0 Å². The Labute approximate surface area is 121 Å². The Morgan fingerprint density at radius 1 is 1.35 bits per heavy atom. The van der Waals surface area contributed by atoms with Gasteiger partial charge in [-0.15, -0.1) is 0 Å². The standard InChI is InChI=1S/C12H25N3O4S/c1-4-15-8-5-6-11(15)10-14(3)20(18,19)13(2)9-7-12(16)17/h11H,4-10H2,1-3H3,(H,16,17). The number of carboxylic acids is 1. The second-order valence-corrected chi connectivity index (χ2v) is 7.32. The van der Waals surface area contributed by atoms with Crippen molar-refractivity contribution < 1.29 is 18.3 Å². The third-order valence-electron chi connectivity index (χ3n) is 3.80. The van der Waals surface area contributed by atoms with Crippen molar-refractivity contribution in [1.29, 1.82) is 0 Å². The van der Waals surface area contributed by atoms with Crippen LogP contribution in [0.1, 0.15) is 26.2 Å². The summed E-state index contributed by atoms with van der Waals surface area (Å²) in [7, 11) is -0.605. The average Bonchev–Trinajstić information content (AvgIpc) is 2.82. The van der Waals surface area contributed by atoms with E-state index in [0.29, 0.717) is 6.54 Å². The molecule has 1 atom stereocenters. The molecule has 0 aromatic rings. The van der Waals surface area contributed by atoms with E-state index in [-0.39, 0.29) is 19.0 Å². The maximum atomic E-state index is 12.3. The molecule has 0 aromatic carbocycles. The molecule has 1 heterocycles. The van der Waals surface area contributed by atoms with Crippen molar-refractivity contribution in [2.75, 3.05) is 40.3 Å². The van der Waals surface area contributed by atoms with Gasteiger partial charge in [-0.05, 0) is 25.9 Å². The zero-order valence-corrected chi connectivity index (χ0v) is 13.3. The molecule has 1 unspecified atom stereocenters. The molecule has 1 fully saturated rings. The molecule has 0 spiro atoms. The summed E-state index contributed by atoms with van der Waals surface area (Å²) in [6.07, 6.45) is 1.92. The second-order valence-electron chi connectivity index (χ2n) is 5.18. The smallest absolute Gasteiger partial charge is 0.304 e. The maximum Gasteiger partial charge on any atom is 0.304 e. The first-order valence-corrected chi connectivity index (χ1v) is 8.32. The van der Waals surface area contributed by atoms with E-state index in [0.717, 1.165) is 30.2 Å². The van der Waals surface area contributed by atoms with Crippen LogP contribution in [0, 0.1) is 0 Å². The van der Waals surface area contributed by atoms with E-state index in [9.17, 15) is 13.2 Å². The summed E-state index contributed by atoms with van der Waals surface area (Å²) in [5.74, 6) is -0.998. The van der Waals surface area contributed by atoms with E-state index < -0.39 is 16.2 Å². The molecule has 1 aliphatic rings. The lowest BCUT2D eigenvalue weighted by atomic mass is 10.2. The minimum Gasteiger partial charge on any atom is -0.481 e. The number of hydrogen-bond acceptors (Lipinski definition) is 4. The van der Waals surface area contributed by atoms with Crippen LogP contribution in [-0.2, 0) is 15.0 Å². The highest BCUT2D eigenvalue weighted by molar-refractivity contribution is 7.86. The summed E-state index contributed by atoms with van der Waals surface area (Å²) < 4.78 is 27.0. The predicted molar refractivity (Wildman–Crippen MR) is 76.7 cm³/mol. The van der Waals surface area contributed by atoms with Crippen molar-refractivity contribution in [2.45, 2.75) is 32.2 Å². The van der Waals surface area contributed by atoms with Gasteiger partial charge in [0.15, 0.2) is 0 Å². The van der Waals surface area contributed by atoms with Gasteiger partial charge in [0.05, 0.1) is 6.42 Å². The van der Waals surface area contributed by atoms with Crippen molar-refractivity contribution in [3.05, 3.63) is 0 Å². The molecule has 0 radical (unpaired) electrons. The van der Waals surface area contributed by atoms with Gasteiger partial charge in [-0.25, -0.2) is 0 Å². The van der Waals surface area contributed by atoms with Crippen LogP contribution in [0.25, 0.3) is 0 Å². The highest BCUT2D eigenvalue weighted by Crippen LogP contribution is 2.18. The molecule has 0 bridgehead atoms. The van der Waals surface area contributed by atoms with Crippen molar-refractivity contribution in [1.82, 2.24) is 13.5 Å². The number of likely N-dealkylation sites (N-methyl/N-ethyl adjacent to an activating group) is 2. The molecular formula is C12H25N3O4S. The quantitative estimate of drug-likeness (QED) is 0.685. The summed E-state index contributed by atoms with van der Waals surface area (Å²) >= 11 is 0. The van der Waals surface area contributed by atoms with Crippen LogP contribution >= 0.6 is 0 Å². The van der Waals surface area contributed by atoms with Crippen molar-refractivity contribution >= 4 is 16.2 Å². The Bertz CT molecular complexity index is 426. The minimum absolute atomic E-state index is 0.00976. The van der Waals surface area contributed by atoms with Gasteiger partial charge in [0, 0.05) is 33.2 Å². The number of carboxylic acid groups (broad SMARTS) is 1. The summed E-state index contributed by atoms with van der Waals surface area (Å²) in [6.45, 7) is 4.46. The maximum absolute atomic E-state index is 12.3. The van der Waals surface area contributed by atoms with Gasteiger partial charge in [0.1, 0.15) is 0 Å². The number of rotatable bonds is 8. The van der Waals surface area contributed by atoms with Crippen LogP contribution in [0.15, 0.2) is 0 Å². The van der Waals surface area contributed by atoms with Crippen molar-refractivity contribution in [3.8, 4) is 0 Å². The molecule has 20 heavy (non-hydrogen) atoms. The first kappa shape index (κ1) is 17.4. The minimum atomic E-state index is -3.58. The summed E-state index contributed by atoms with van der Waals surface area (Å²) in [6, 6.07) is 0.257. The van der Waals surface area contributed by atoms with Crippen molar-refractivity contribution in [3.63, 3.8) is 0 Å². The summed E-state index contributed by atoms with van der Waals surface area (Å²) in [4.78, 5) is 12.8. The van der Waals surface area contributed by atoms with Gasteiger partial charge in [0.25, 0.3) is 10.2 Å². The Morgan fingerprint density at radius 3 is 2.55 bits per heavy atom. The van der Waals surface area contributed by atoms with E-state index in [4.69, 9.17) is 5.11 Å². The SMILES string of the molecule is CCN1CCCC1CN(C)S(=O)(=O)N(C)CCC(=O)O. The van der Waals surface area contributed by atoms with Crippen molar-refractivity contribution in [2.24, 2.45) is 0 Å². The van der Waals surface area contributed by atoms with Gasteiger partial charge < -0.3 is 5.11 Å². The lowest BCUT2D eigenvalue weighted by Gasteiger charge is -2.29.